The minimum absolute atomic E-state index is 0.0235. The second kappa shape index (κ2) is 9.11. The van der Waals surface area contributed by atoms with Gasteiger partial charge >= 0.3 is 6.18 Å². The van der Waals surface area contributed by atoms with Crippen LogP contribution in [-0.2, 0) is 15.8 Å². The number of rotatable bonds is 5. The molecule has 1 aromatic rings. The number of hydrogen-bond donors (Lipinski definition) is 5. The van der Waals surface area contributed by atoms with Crippen molar-refractivity contribution in [3.63, 3.8) is 0 Å². The van der Waals surface area contributed by atoms with Crippen LogP contribution < -0.4 is 22.5 Å². The van der Waals surface area contributed by atoms with Crippen LogP contribution in [0.3, 0.4) is 0 Å². The quantitative estimate of drug-likeness (QED) is 0.334. The van der Waals surface area contributed by atoms with Crippen LogP contribution >= 0.6 is 0 Å². The Morgan fingerprint density at radius 2 is 1.80 bits per heavy atom. The molecule has 1 heterocycles. The van der Waals surface area contributed by atoms with Crippen LogP contribution in [0.4, 0.5) is 13.2 Å². The molecule has 1 atom stereocenters. The zero-order valence-electron chi connectivity index (χ0n) is 16.0. The monoisotopic (exact) mass is 428 g/mol. The first-order valence-electron chi connectivity index (χ1n) is 9.09. The largest absolute Gasteiger partial charge is 0.416 e. The van der Waals surface area contributed by atoms with E-state index in [1.165, 1.54) is 17.0 Å². The number of benzene rings is 1. The highest BCUT2D eigenvalue weighted by Crippen LogP contribution is 2.39. The molecule has 1 aliphatic rings. The van der Waals surface area contributed by atoms with E-state index in [9.17, 15) is 27.6 Å². The number of amides is 3. The Labute approximate surface area is 170 Å². The molecule has 164 valence electrons. The molecule has 1 unspecified atom stereocenters. The van der Waals surface area contributed by atoms with Gasteiger partial charge < -0.3 is 22.1 Å². The van der Waals surface area contributed by atoms with E-state index < -0.39 is 47.4 Å². The third-order valence-corrected chi connectivity index (χ3v) is 4.85. The van der Waals surface area contributed by atoms with E-state index in [2.05, 4.69) is 0 Å². The predicted octanol–water partition coefficient (Wildman–Crippen LogP) is 0.237. The number of alkyl halides is 3. The summed E-state index contributed by atoms with van der Waals surface area (Å²) in [6.45, 7) is 0.361. The Morgan fingerprint density at radius 1 is 1.20 bits per heavy atom. The van der Waals surface area contributed by atoms with E-state index in [-0.39, 0.29) is 43.5 Å². The van der Waals surface area contributed by atoms with E-state index in [1.807, 2.05) is 5.32 Å². The number of carbonyl (C=O) groups excluding carboxylic acids is 3. The number of halogens is 3. The van der Waals surface area contributed by atoms with E-state index >= 15 is 0 Å². The van der Waals surface area contributed by atoms with Crippen molar-refractivity contribution in [3.05, 3.63) is 34.9 Å². The Balaban J connectivity index is 2.18. The fraction of sp³-hybridized carbons (Fsp3) is 0.444. The highest BCUT2D eigenvalue weighted by Gasteiger charge is 2.37. The lowest BCUT2D eigenvalue weighted by Gasteiger charge is -2.34. The van der Waals surface area contributed by atoms with Crippen molar-refractivity contribution in [2.75, 3.05) is 13.1 Å². The standard InChI is InChI=1S/C18H23F3N6O3/c19-18(20,21)12-7-10(15(29)26-17(24)25)1-2-11(12)9-3-5-27(6-4-9)16(30)13(22)8-14(23)28/h1-2,7,9,13H,3-6,8,22H2,(H2,23,28)(H4,24,25,26,29). The maximum Gasteiger partial charge on any atom is 0.416 e. The van der Waals surface area contributed by atoms with E-state index in [0.29, 0.717) is 0 Å². The summed E-state index contributed by atoms with van der Waals surface area (Å²) in [6, 6.07) is 2.12. The molecule has 0 bridgehead atoms. The third-order valence-electron chi connectivity index (χ3n) is 4.85. The smallest absolute Gasteiger partial charge is 0.370 e. The summed E-state index contributed by atoms with van der Waals surface area (Å²) in [5.74, 6) is -3.26. The molecule has 0 aromatic heterocycles. The zero-order chi connectivity index (χ0) is 22.6. The van der Waals surface area contributed by atoms with Gasteiger partial charge in [-0.25, -0.2) is 0 Å². The minimum Gasteiger partial charge on any atom is -0.370 e. The number of guanidine groups is 1. The van der Waals surface area contributed by atoms with Gasteiger partial charge in [-0.2, -0.15) is 13.2 Å². The molecule has 1 aliphatic heterocycles. The maximum atomic E-state index is 13.6. The summed E-state index contributed by atoms with van der Waals surface area (Å²) in [5.41, 5.74) is 14.5. The Bertz CT molecular complexity index is 850. The first kappa shape index (κ1) is 23.1. The molecule has 1 fully saturated rings. The molecule has 2 rings (SSSR count). The summed E-state index contributed by atoms with van der Waals surface area (Å²) in [7, 11) is 0. The summed E-state index contributed by atoms with van der Waals surface area (Å²) in [6.07, 6.45) is -4.48. The lowest BCUT2D eigenvalue weighted by molar-refractivity contribution is -0.139. The summed E-state index contributed by atoms with van der Waals surface area (Å²) < 4.78 is 40.9. The highest BCUT2D eigenvalue weighted by atomic mass is 19.4. The van der Waals surface area contributed by atoms with Gasteiger partial charge in [-0.05, 0) is 36.5 Å². The topological polar surface area (TPSA) is 168 Å². The van der Waals surface area contributed by atoms with Crippen LogP contribution in [0.1, 0.15) is 46.7 Å². The average Bonchev–Trinajstić information content (AvgIpc) is 2.65. The molecule has 30 heavy (non-hydrogen) atoms. The third kappa shape index (κ3) is 5.69. The molecule has 12 heteroatoms. The Kier molecular flexibility index (Phi) is 7.03. The highest BCUT2D eigenvalue weighted by molar-refractivity contribution is 6.04. The van der Waals surface area contributed by atoms with Crippen molar-refractivity contribution in [1.29, 1.82) is 5.41 Å². The molecule has 0 saturated carbocycles. The van der Waals surface area contributed by atoms with Crippen molar-refractivity contribution < 1.29 is 27.6 Å². The van der Waals surface area contributed by atoms with Crippen molar-refractivity contribution in [2.45, 2.75) is 37.4 Å². The predicted molar refractivity (Wildman–Crippen MR) is 101 cm³/mol. The molecule has 9 nitrogen and oxygen atoms in total. The lowest BCUT2D eigenvalue weighted by atomic mass is 9.85. The van der Waals surface area contributed by atoms with Gasteiger partial charge in [-0.3, -0.25) is 25.1 Å². The first-order chi connectivity index (χ1) is 13.9. The van der Waals surface area contributed by atoms with E-state index in [1.54, 1.807) is 0 Å². The molecule has 1 saturated heterocycles. The SMILES string of the molecule is N=C(N)NC(=O)c1ccc(C2CCN(C(=O)C(N)CC(N)=O)CC2)c(C(F)(F)F)c1. The van der Waals surface area contributed by atoms with Gasteiger partial charge in [0.2, 0.25) is 11.8 Å². The second-order valence-electron chi connectivity index (χ2n) is 7.04. The van der Waals surface area contributed by atoms with Crippen molar-refractivity contribution in [3.8, 4) is 0 Å². The molecular formula is C18H23F3N6O3. The van der Waals surface area contributed by atoms with Crippen molar-refractivity contribution in [2.24, 2.45) is 17.2 Å². The minimum atomic E-state index is -4.70. The van der Waals surface area contributed by atoms with E-state index in [4.69, 9.17) is 22.6 Å². The van der Waals surface area contributed by atoms with Crippen LogP contribution in [-0.4, -0.2) is 47.7 Å². The first-order valence-corrected chi connectivity index (χ1v) is 9.09. The van der Waals surface area contributed by atoms with Gasteiger partial charge in [-0.15, -0.1) is 0 Å². The Morgan fingerprint density at radius 3 is 2.30 bits per heavy atom. The number of nitrogens with zero attached hydrogens (tertiary/aromatic N) is 1. The van der Waals surface area contributed by atoms with Gasteiger partial charge in [0, 0.05) is 18.7 Å². The van der Waals surface area contributed by atoms with Crippen LogP contribution in [0.25, 0.3) is 0 Å². The van der Waals surface area contributed by atoms with Crippen LogP contribution in [0.2, 0.25) is 0 Å². The lowest BCUT2D eigenvalue weighted by Crippen LogP contribution is -2.48. The second-order valence-corrected chi connectivity index (χ2v) is 7.04. The fourth-order valence-corrected chi connectivity index (χ4v) is 3.44. The number of nitrogens with two attached hydrogens (primary N) is 3. The molecule has 0 radical (unpaired) electrons. The van der Waals surface area contributed by atoms with Gasteiger partial charge in [-0.1, -0.05) is 6.07 Å². The number of hydrogen-bond acceptors (Lipinski definition) is 5. The zero-order valence-corrected chi connectivity index (χ0v) is 16.0. The van der Waals surface area contributed by atoms with Gasteiger partial charge in [0.1, 0.15) is 0 Å². The molecule has 1 aromatic carbocycles. The maximum absolute atomic E-state index is 13.6. The van der Waals surface area contributed by atoms with E-state index in [0.717, 1.165) is 6.07 Å². The average molecular weight is 428 g/mol. The number of piperidine rings is 1. The summed E-state index contributed by atoms with van der Waals surface area (Å²) in [5, 5.41) is 8.98. The van der Waals surface area contributed by atoms with Crippen LogP contribution in [0, 0.1) is 5.41 Å². The molecule has 3 amide bonds. The number of primary amides is 1. The number of carbonyl (C=O) groups is 3. The van der Waals surface area contributed by atoms with Crippen LogP contribution in [0.5, 0.6) is 0 Å². The fourth-order valence-electron chi connectivity index (χ4n) is 3.44. The van der Waals surface area contributed by atoms with Crippen molar-refractivity contribution in [1.82, 2.24) is 10.2 Å². The van der Waals surface area contributed by atoms with Crippen LogP contribution in [0.15, 0.2) is 18.2 Å². The molecule has 8 N–H and O–H groups in total. The summed E-state index contributed by atoms with van der Waals surface area (Å²) in [4.78, 5) is 36.5. The number of nitrogens with one attached hydrogen (secondary N) is 2. The summed E-state index contributed by atoms with van der Waals surface area (Å²) >= 11 is 0. The normalized spacial score (nSPS) is 16.1. The van der Waals surface area contributed by atoms with Gasteiger partial charge in [0.05, 0.1) is 18.0 Å². The Hall–Kier alpha value is -3.15. The molecule has 0 aliphatic carbocycles. The molecule has 0 spiro atoms. The van der Waals surface area contributed by atoms with Gasteiger partial charge in [0.15, 0.2) is 5.96 Å². The number of likely N-dealkylation sites (tertiary alicyclic amines) is 1. The van der Waals surface area contributed by atoms with Gasteiger partial charge in [0.25, 0.3) is 5.91 Å². The molecular weight excluding hydrogens is 405 g/mol. The van der Waals surface area contributed by atoms with Crippen molar-refractivity contribution >= 4 is 23.7 Å².